The van der Waals surface area contributed by atoms with Gasteiger partial charge in [-0.15, -0.1) is 11.3 Å². The fourth-order valence-electron chi connectivity index (χ4n) is 0.371. The third-order valence-electron chi connectivity index (χ3n) is 0.701. The van der Waals surface area contributed by atoms with Crippen LogP contribution in [0, 0.1) is 0 Å². The summed E-state index contributed by atoms with van der Waals surface area (Å²) >= 11 is 4.56. The van der Waals surface area contributed by atoms with Gasteiger partial charge >= 0.3 is 0 Å². The van der Waals surface area contributed by atoms with E-state index in [0.717, 1.165) is 4.60 Å². The number of hydrogen-bond donors (Lipinski definition) is 0. The van der Waals surface area contributed by atoms with Gasteiger partial charge in [-0.1, -0.05) is 0 Å². The molecule has 0 aliphatic carbocycles. The Morgan fingerprint density at radius 2 is 2.56 bits per heavy atom. The van der Waals surface area contributed by atoms with Gasteiger partial charge in [-0.3, -0.25) is 4.21 Å². The number of rotatable bonds is 1. The minimum atomic E-state index is -0.931. The van der Waals surface area contributed by atoms with E-state index >= 15 is 0 Å². The van der Waals surface area contributed by atoms with E-state index in [2.05, 4.69) is 20.9 Å². The van der Waals surface area contributed by atoms with Crippen LogP contribution in [0.3, 0.4) is 0 Å². The Labute approximate surface area is 67.9 Å². The Morgan fingerprint density at radius 1 is 1.89 bits per heavy atom. The number of halogens is 1. The molecule has 0 aliphatic rings. The molecule has 1 unspecified atom stereocenters. The molecular weight excluding hydrogens is 222 g/mol. The maximum Gasteiger partial charge on any atom is 0.181 e. The number of aromatic nitrogens is 1. The molecule has 9 heavy (non-hydrogen) atoms. The molecule has 0 amide bonds. The molecule has 5 heteroatoms. The molecule has 1 atom stereocenters. The van der Waals surface area contributed by atoms with E-state index < -0.39 is 10.8 Å². The molecule has 2 nitrogen and oxygen atoms in total. The van der Waals surface area contributed by atoms with Crippen molar-refractivity contribution in [1.29, 1.82) is 0 Å². The average molecular weight is 226 g/mol. The largest absolute Gasteiger partial charge is 0.252 e. The lowest BCUT2D eigenvalue weighted by molar-refractivity contribution is 0.686. The quantitative estimate of drug-likeness (QED) is 0.728. The van der Waals surface area contributed by atoms with Crippen molar-refractivity contribution in [3.05, 3.63) is 9.98 Å². The van der Waals surface area contributed by atoms with E-state index in [1.54, 1.807) is 6.26 Å². The minimum Gasteiger partial charge on any atom is -0.252 e. The van der Waals surface area contributed by atoms with Crippen molar-refractivity contribution >= 4 is 38.1 Å². The zero-order valence-electron chi connectivity index (χ0n) is 4.63. The van der Waals surface area contributed by atoms with Gasteiger partial charge in [-0.2, -0.15) is 0 Å². The van der Waals surface area contributed by atoms with E-state index in [1.807, 2.05) is 5.38 Å². The third-order valence-corrected chi connectivity index (χ3v) is 3.62. The highest BCUT2D eigenvalue weighted by Crippen LogP contribution is 2.16. The summed E-state index contributed by atoms with van der Waals surface area (Å²) in [7, 11) is -0.931. The van der Waals surface area contributed by atoms with Gasteiger partial charge in [-0.05, 0) is 15.9 Å². The van der Waals surface area contributed by atoms with Crippen molar-refractivity contribution in [3.63, 3.8) is 0 Å². The predicted molar refractivity (Wildman–Crippen MR) is 42.1 cm³/mol. The Balaban J connectivity index is 2.98. The van der Waals surface area contributed by atoms with E-state index in [9.17, 15) is 4.21 Å². The van der Waals surface area contributed by atoms with Gasteiger partial charge in [-0.25, -0.2) is 4.98 Å². The molecule has 1 heterocycles. The van der Waals surface area contributed by atoms with Gasteiger partial charge < -0.3 is 0 Å². The topological polar surface area (TPSA) is 30.0 Å². The van der Waals surface area contributed by atoms with Crippen LogP contribution in [0.2, 0.25) is 0 Å². The standard InChI is InChI=1S/C4H4BrNOS2/c1-9(7)4-6-3(5)2-8-4/h2H,1H3. The predicted octanol–water partition coefficient (Wildman–Crippen LogP) is 1.64. The van der Waals surface area contributed by atoms with Gasteiger partial charge in [0.05, 0.1) is 10.8 Å². The van der Waals surface area contributed by atoms with Crippen LogP contribution in [-0.4, -0.2) is 15.4 Å². The van der Waals surface area contributed by atoms with Gasteiger partial charge in [0.25, 0.3) is 0 Å². The molecule has 0 spiro atoms. The zero-order valence-corrected chi connectivity index (χ0v) is 7.85. The number of hydrogen-bond acceptors (Lipinski definition) is 3. The zero-order chi connectivity index (χ0) is 6.85. The van der Waals surface area contributed by atoms with Crippen LogP contribution in [0.1, 0.15) is 0 Å². The molecule has 50 valence electrons. The van der Waals surface area contributed by atoms with Gasteiger partial charge in [0.1, 0.15) is 4.60 Å². The molecule has 0 aliphatic heterocycles. The van der Waals surface area contributed by atoms with E-state index in [-0.39, 0.29) is 0 Å². The minimum absolute atomic E-state index is 0.668. The molecule has 0 N–H and O–H groups in total. The van der Waals surface area contributed by atoms with E-state index in [0.29, 0.717) is 4.34 Å². The van der Waals surface area contributed by atoms with E-state index in [1.165, 1.54) is 11.3 Å². The van der Waals surface area contributed by atoms with Crippen molar-refractivity contribution < 1.29 is 4.21 Å². The normalized spacial score (nSPS) is 13.6. The van der Waals surface area contributed by atoms with Crippen LogP contribution >= 0.6 is 27.3 Å². The summed E-state index contributed by atoms with van der Waals surface area (Å²) in [4.78, 5) is 3.95. The van der Waals surface area contributed by atoms with Gasteiger partial charge in [0.15, 0.2) is 4.34 Å². The number of nitrogens with zero attached hydrogens (tertiary/aromatic N) is 1. The first-order chi connectivity index (χ1) is 4.20. The van der Waals surface area contributed by atoms with Crippen molar-refractivity contribution in [3.8, 4) is 0 Å². The summed E-state index contributed by atoms with van der Waals surface area (Å²) in [6.07, 6.45) is 1.62. The third kappa shape index (κ3) is 1.84. The van der Waals surface area contributed by atoms with Crippen LogP contribution in [0.5, 0.6) is 0 Å². The van der Waals surface area contributed by atoms with Crippen LogP contribution in [0.4, 0.5) is 0 Å². The Morgan fingerprint density at radius 3 is 2.78 bits per heavy atom. The maximum absolute atomic E-state index is 10.7. The fraction of sp³-hybridized carbons (Fsp3) is 0.250. The summed E-state index contributed by atoms with van der Waals surface area (Å²) in [5.74, 6) is 0. The second-order valence-electron chi connectivity index (χ2n) is 1.39. The summed E-state index contributed by atoms with van der Waals surface area (Å²) < 4.78 is 12.1. The summed E-state index contributed by atoms with van der Waals surface area (Å²) in [5.41, 5.74) is 0. The summed E-state index contributed by atoms with van der Waals surface area (Å²) in [6.45, 7) is 0. The highest BCUT2D eigenvalue weighted by Gasteiger charge is 2.00. The lowest BCUT2D eigenvalue weighted by Gasteiger charge is -1.81. The monoisotopic (exact) mass is 225 g/mol. The second-order valence-corrected chi connectivity index (χ2v) is 4.61. The highest BCUT2D eigenvalue weighted by atomic mass is 79.9. The molecule has 0 saturated heterocycles. The van der Waals surface area contributed by atoms with Crippen molar-refractivity contribution in [1.82, 2.24) is 4.98 Å². The highest BCUT2D eigenvalue weighted by molar-refractivity contribution is 9.10. The molecule has 1 aromatic heterocycles. The lowest BCUT2D eigenvalue weighted by atomic mass is 11.0. The van der Waals surface area contributed by atoms with Crippen LogP contribution in [-0.2, 0) is 10.8 Å². The van der Waals surface area contributed by atoms with Crippen LogP contribution in [0.15, 0.2) is 14.3 Å². The fourth-order valence-corrected chi connectivity index (χ4v) is 2.38. The van der Waals surface area contributed by atoms with Crippen molar-refractivity contribution in [2.75, 3.05) is 6.26 Å². The SMILES string of the molecule is CS(=O)c1nc(Br)cs1. The Bertz CT molecular complexity index is 234. The maximum atomic E-state index is 10.7. The van der Waals surface area contributed by atoms with E-state index in [4.69, 9.17) is 0 Å². The molecule has 0 bridgehead atoms. The molecule has 0 radical (unpaired) electrons. The lowest BCUT2D eigenvalue weighted by Crippen LogP contribution is -1.83. The molecule has 1 rings (SSSR count). The first-order valence-corrected chi connectivity index (χ1v) is 5.37. The Kier molecular flexibility index (Phi) is 2.37. The summed E-state index contributed by atoms with van der Waals surface area (Å²) in [6, 6.07) is 0. The second kappa shape index (κ2) is 2.90. The molecular formula is C4H4BrNOS2. The summed E-state index contributed by atoms with van der Waals surface area (Å²) in [5, 5.41) is 1.82. The Hall–Kier alpha value is 0.260. The molecule has 1 aromatic rings. The first-order valence-electron chi connectivity index (χ1n) is 2.14. The van der Waals surface area contributed by atoms with Gasteiger partial charge in [0.2, 0.25) is 0 Å². The van der Waals surface area contributed by atoms with Gasteiger partial charge in [0, 0.05) is 11.6 Å². The van der Waals surface area contributed by atoms with Crippen LogP contribution in [0.25, 0.3) is 0 Å². The molecule has 0 fully saturated rings. The van der Waals surface area contributed by atoms with Crippen molar-refractivity contribution in [2.24, 2.45) is 0 Å². The molecule has 0 saturated carbocycles. The average Bonchev–Trinajstić information content (AvgIpc) is 2.14. The van der Waals surface area contributed by atoms with Crippen molar-refractivity contribution in [2.45, 2.75) is 4.34 Å². The molecule has 0 aromatic carbocycles. The number of thiazole rings is 1. The first kappa shape index (κ1) is 7.37. The van der Waals surface area contributed by atoms with Crippen LogP contribution < -0.4 is 0 Å². The smallest absolute Gasteiger partial charge is 0.181 e.